The van der Waals surface area contributed by atoms with E-state index in [0.717, 1.165) is 46.3 Å². The highest BCUT2D eigenvalue weighted by Crippen LogP contribution is 2.32. The molecule has 36 heavy (non-hydrogen) atoms. The van der Waals surface area contributed by atoms with Gasteiger partial charge in [0.1, 0.15) is 28.8 Å². The second kappa shape index (κ2) is 9.00. The highest BCUT2D eigenvalue weighted by molar-refractivity contribution is 5.94. The van der Waals surface area contributed by atoms with Crippen molar-refractivity contribution >= 4 is 28.2 Å². The first-order chi connectivity index (χ1) is 17.3. The van der Waals surface area contributed by atoms with Gasteiger partial charge in [-0.25, -0.2) is 19.6 Å². The number of nitrogens with one attached hydrogen (secondary N) is 1. The zero-order valence-corrected chi connectivity index (χ0v) is 20.8. The number of nitrogens with zero attached hydrogens (tertiary/aromatic N) is 8. The molecular formula is C25H29N11. The van der Waals surface area contributed by atoms with Crippen LogP contribution in [0.2, 0.25) is 0 Å². The zero-order valence-electron chi connectivity index (χ0n) is 20.8. The SMILES string of the molecule is CCC(N)(CC)c1cc(Nc2cc3cc(-c4cnnn4C)nc(N)c3cn2)nc(-c2ccn(C)n2)c1. The number of hydrogen-bond donors (Lipinski definition) is 3. The van der Waals surface area contributed by atoms with Crippen molar-refractivity contribution in [1.82, 2.24) is 39.7 Å². The summed E-state index contributed by atoms with van der Waals surface area (Å²) in [6, 6.07) is 9.81. The molecule has 184 valence electrons. The maximum absolute atomic E-state index is 6.77. The Bertz CT molecular complexity index is 1550. The molecule has 0 unspecified atom stereocenters. The number of nitrogens with two attached hydrogens (primary N) is 2. The average molecular weight is 484 g/mol. The lowest BCUT2D eigenvalue weighted by molar-refractivity contribution is 0.412. The smallest absolute Gasteiger partial charge is 0.133 e. The van der Waals surface area contributed by atoms with E-state index in [4.69, 9.17) is 16.5 Å². The van der Waals surface area contributed by atoms with E-state index in [1.54, 1.807) is 21.8 Å². The zero-order chi connectivity index (χ0) is 25.4. The minimum absolute atomic E-state index is 0.388. The average Bonchev–Trinajstić information content (AvgIpc) is 3.51. The van der Waals surface area contributed by atoms with Crippen molar-refractivity contribution in [3.8, 4) is 22.8 Å². The van der Waals surface area contributed by atoms with Crippen LogP contribution in [0.15, 0.2) is 48.9 Å². The molecule has 0 aromatic carbocycles. The normalized spacial score (nSPS) is 11.8. The van der Waals surface area contributed by atoms with Crippen molar-refractivity contribution in [3.63, 3.8) is 0 Å². The van der Waals surface area contributed by atoms with Gasteiger partial charge in [-0.3, -0.25) is 4.68 Å². The van der Waals surface area contributed by atoms with Gasteiger partial charge in [-0.05, 0) is 54.1 Å². The molecule has 0 spiro atoms. The van der Waals surface area contributed by atoms with Crippen LogP contribution in [0, 0.1) is 0 Å². The molecule has 0 amide bonds. The maximum Gasteiger partial charge on any atom is 0.133 e. The van der Waals surface area contributed by atoms with E-state index in [1.165, 1.54) is 0 Å². The molecule has 5 N–H and O–H groups in total. The highest BCUT2D eigenvalue weighted by atomic mass is 15.4. The van der Waals surface area contributed by atoms with Gasteiger partial charge < -0.3 is 16.8 Å². The second-order valence-electron chi connectivity index (χ2n) is 8.92. The van der Waals surface area contributed by atoms with Crippen LogP contribution in [0.1, 0.15) is 32.3 Å². The first kappa shape index (κ1) is 23.4. The fourth-order valence-electron chi connectivity index (χ4n) is 4.25. The Morgan fingerprint density at radius 2 is 1.75 bits per heavy atom. The number of aryl methyl sites for hydroxylation is 2. The summed E-state index contributed by atoms with van der Waals surface area (Å²) >= 11 is 0. The third kappa shape index (κ3) is 4.24. The van der Waals surface area contributed by atoms with Gasteiger partial charge in [-0.15, -0.1) is 5.10 Å². The molecule has 0 saturated carbocycles. The Kier molecular flexibility index (Phi) is 5.84. The predicted molar refractivity (Wildman–Crippen MR) is 140 cm³/mol. The van der Waals surface area contributed by atoms with Gasteiger partial charge >= 0.3 is 0 Å². The fourth-order valence-corrected chi connectivity index (χ4v) is 4.25. The summed E-state index contributed by atoms with van der Waals surface area (Å²) < 4.78 is 3.41. The first-order valence-electron chi connectivity index (χ1n) is 11.8. The molecule has 5 rings (SSSR count). The second-order valence-corrected chi connectivity index (χ2v) is 8.92. The third-order valence-electron chi connectivity index (χ3n) is 6.62. The molecule has 5 aromatic rings. The number of pyridine rings is 3. The van der Waals surface area contributed by atoms with Crippen LogP contribution in [0.4, 0.5) is 17.5 Å². The first-order valence-corrected chi connectivity index (χ1v) is 11.8. The van der Waals surface area contributed by atoms with Gasteiger partial charge in [0.2, 0.25) is 0 Å². The van der Waals surface area contributed by atoms with Crippen molar-refractivity contribution in [2.45, 2.75) is 32.2 Å². The third-order valence-corrected chi connectivity index (χ3v) is 6.62. The van der Waals surface area contributed by atoms with Crippen molar-refractivity contribution < 1.29 is 0 Å². The number of aromatic nitrogens is 8. The van der Waals surface area contributed by atoms with Gasteiger partial charge in [-0.1, -0.05) is 19.1 Å². The molecule has 0 radical (unpaired) electrons. The monoisotopic (exact) mass is 483 g/mol. The van der Waals surface area contributed by atoms with Crippen LogP contribution < -0.4 is 16.8 Å². The summed E-state index contributed by atoms with van der Waals surface area (Å²) in [7, 11) is 3.69. The van der Waals surface area contributed by atoms with E-state index in [0.29, 0.717) is 23.1 Å². The molecule has 0 fully saturated rings. The van der Waals surface area contributed by atoms with E-state index in [2.05, 4.69) is 44.5 Å². The molecule has 11 nitrogen and oxygen atoms in total. The number of fused-ring (bicyclic) bond motifs is 1. The summed E-state index contributed by atoms with van der Waals surface area (Å²) in [6.45, 7) is 4.19. The van der Waals surface area contributed by atoms with Gasteiger partial charge in [-0.2, -0.15) is 5.10 Å². The van der Waals surface area contributed by atoms with Crippen LogP contribution in [0.3, 0.4) is 0 Å². The highest BCUT2D eigenvalue weighted by Gasteiger charge is 2.25. The predicted octanol–water partition coefficient (Wildman–Crippen LogP) is 3.52. The van der Waals surface area contributed by atoms with Crippen LogP contribution in [-0.4, -0.2) is 39.7 Å². The Hall–Kier alpha value is -4.38. The Morgan fingerprint density at radius 3 is 2.42 bits per heavy atom. The van der Waals surface area contributed by atoms with Crippen LogP contribution in [0.5, 0.6) is 0 Å². The maximum atomic E-state index is 6.77. The minimum atomic E-state index is -0.480. The summed E-state index contributed by atoms with van der Waals surface area (Å²) in [5, 5.41) is 17.5. The molecular weight excluding hydrogens is 454 g/mol. The van der Waals surface area contributed by atoms with E-state index in [9.17, 15) is 0 Å². The molecule has 0 saturated heterocycles. The Labute approximate surface area is 208 Å². The molecule has 0 bridgehead atoms. The lowest BCUT2D eigenvalue weighted by Crippen LogP contribution is -2.35. The van der Waals surface area contributed by atoms with Crippen molar-refractivity contribution in [2.24, 2.45) is 19.8 Å². The number of hydrogen-bond acceptors (Lipinski definition) is 9. The lowest BCUT2D eigenvalue weighted by Gasteiger charge is -2.28. The molecule has 0 aliphatic heterocycles. The standard InChI is InChI=1S/C25H29N11/c1-5-25(27,6-2)16-11-19(18-7-8-35(3)33-18)30-23(12-16)32-22-10-15-9-20(21-14-29-34-36(21)4)31-24(26)17(15)13-28-22/h7-14H,5-6,27H2,1-4H3,(H2,26,31)(H,28,30,32). The van der Waals surface area contributed by atoms with E-state index in [1.807, 2.05) is 50.6 Å². The van der Waals surface area contributed by atoms with Crippen LogP contribution >= 0.6 is 0 Å². The lowest BCUT2D eigenvalue weighted by atomic mass is 9.85. The molecule has 0 aliphatic rings. The summed E-state index contributed by atoms with van der Waals surface area (Å²) in [5.74, 6) is 1.64. The molecule has 11 heteroatoms. The number of nitrogen functional groups attached to an aromatic ring is 1. The van der Waals surface area contributed by atoms with Crippen LogP contribution in [0.25, 0.3) is 33.5 Å². The summed E-state index contributed by atoms with van der Waals surface area (Å²) in [6.07, 6.45) is 6.84. The minimum Gasteiger partial charge on any atom is -0.383 e. The number of rotatable bonds is 7. The quantitative estimate of drug-likeness (QED) is 0.316. The van der Waals surface area contributed by atoms with Gasteiger partial charge in [0.25, 0.3) is 0 Å². The molecule has 0 aliphatic carbocycles. The number of anilines is 3. The largest absolute Gasteiger partial charge is 0.383 e. The summed E-state index contributed by atoms with van der Waals surface area (Å²) in [4.78, 5) is 13.9. The van der Waals surface area contributed by atoms with E-state index < -0.39 is 5.54 Å². The molecule has 5 aromatic heterocycles. The molecule has 5 heterocycles. The molecule has 0 atom stereocenters. The van der Waals surface area contributed by atoms with Crippen molar-refractivity contribution in [1.29, 1.82) is 0 Å². The van der Waals surface area contributed by atoms with Gasteiger partial charge in [0.15, 0.2) is 0 Å². The van der Waals surface area contributed by atoms with E-state index >= 15 is 0 Å². The van der Waals surface area contributed by atoms with Gasteiger partial charge in [0.05, 0.1) is 17.6 Å². The Balaban J connectivity index is 1.57. The van der Waals surface area contributed by atoms with Crippen molar-refractivity contribution in [3.05, 3.63) is 54.5 Å². The summed E-state index contributed by atoms with van der Waals surface area (Å²) in [5.41, 5.74) is 16.5. The van der Waals surface area contributed by atoms with Crippen LogP contribution in [-0.2, 0) is 19.6 Å². The fraction of sp³-hybridized carbons (Fsp3) is 0.280. The van der Waals surface area contributed by atoms with E-state index in [-0.39, 0.29) is 0 Å². The van der Waals surface area contributed by atoms with Crippen molar-refractivity contribution in [2.75, 3.05) is 11.1 Å². The van der Waals surface area contributed by atoms with Gasteiger partial charge in [0, 0.05) is 37.4 Å². The Morgan fingerprint density at radius 1 is 0.944 bits per heavy atom. The topological polar surface area (TPSA) is 151 Å².